The van der Waals surface area contributed by atoms with Gasteiger partial charge in [-0.2, -0.15) is 0 Å². The zero-order chi connectivity index (χ0) is 92.0. The molecule has 29 nitrogen and oxygen atoms in total. The van der Waals surface area contributed by atoms with E-state index in [1.807, 2.05) is 197 Å². The number of carbonyl (C=O) groups is 10. The molecule has 15 rings (SSSR count). The number of rotatable bonds is 27. The van der Waals surface area contributed by atoms with Crippen molar-refractivity contribution in [3.05, 3.63) is 393 Å². The SMILES string of the molecule is CC(=O)Nc1cccc(-c2ccc3c(c2)c(=O)c(C(=O)NCC(=O)O)cn3Cc2ccccc2)c1.O=C(O)CCNC(=O)c1cn(Cc2ccccc2)c2ccc(Br)cc2c1=O.O=C(O)CNC(=O)c1cn(Cc2ccccc2)c2ccc(-c3cccc(C(=O)O)c3)cc2c1=O.O=C(O)CNC(=O)c1cn(Cc2ccccc2)c2ccc(-c3cccc(CO)c3)cc2c1=O. The standard InChI is InChI=1S/C27H23N3O5.C26H20N2O6.C26H22N2O5.C20H17BrN2O4/c1-17(31)29-21-9-5-8-19(12-21)20-10-11-24-22(13-20)26(34)23(27(35)28-14-25(32)33)16-30(24)15-18-6-3-2-4-7-18;29-23(30)13-27-25(32)21-15-28(14-16-5-2-1-3-6-16)22-10-9-18(12-20(22)24(21)31)17-7-4-8-19(11-17)26(33)34;29-16-18-7-4-8-19(11-18)20-9-10-23-21(12-20)25(32)22(26(33)27-13-24(30)31)15-28(23)14-17-5-2-1-3-6-17;21-14-6-7-17-15(10-14)19(26)16(20(27)22-9-8-18(24)25)12-23(17)11-13-4-2-1-3-5-13/h2-13,16H,14-15H2,1H3,(H,28,35)(H,29,31)(H,32,33);1-12,15H,13-14H2,(H,27,32)(H,29,30)(H,33,34);1-12,15,29H,13-14,16H2,(H,27,33)(H,30,31);1-7,10,12H,8-9,11H2,(H,22,27)(H,24,25). The second-order valence-electron chi connectivity index (χ2n) is 29.4. The lowest BCUT2D eigenvalue weighted by Gasteiger charge is -2.15. The first-order chi connectivity index (χ1) is 62.1. The number of nitrogens with zero attached hydrogens (tertiary/aromatic N) is 4. The van der Waals surface area contributed by atoms with Crippen LogP contribution in [0, 0.1) is 0 Å². The number of benzene rings is 11. The number of hydrogen-bond acceptors (Lipinski definition) is 15. The highest BCUT2D eigenvalue weighted by Crippen LogP contribution is 2.31. The van der Waals surface area contributed by atoms with Crippen molar-refractivity contribution in [3.8, 4) is 33.4 Å². The molecular formula is C99H82BrN9O20. The van der Waals surface area contributed by atoms with Gasteiger partial charge in [-0.1, -0.05) is 198 Å². The number of pyridine rings is 4. The van der Waals surface area contributed by atoms with Crippen LogP contribution in [0.5, 0.6) is 0 Å². The molecular weight excluding hydrogens is 1720 g/mol. The summed E-state index contributed by atoms with van der Waals surface area (Å²) < 4.78 is 7.97. The van der Waals surface area contributed by atoms with Crippen molar-refractivity contribution in [2.24, 2.45) is 0 Å². The van der Waals surface area contributed by atoms with Crippen molar-refractivity contribution in [1.29, 1.82) is 0 Å². The first kappa shape index (κ1) is 91.6. The highest BCUT2D eigenvalue weighted by molar-refractivity contribution is 9.10. The average molecular weight is 1800 g/mol. The molecule has 0 atom stereocenters. The average Bonchev–Trinajstić information content (AvgIpc) is 0.774. The van der Waals surface area contributed by atoms with Gasteiger partial charge in [0.25, 0.3) is 23.6 Å². The van der Waals surface area contributed by atoms with Gasteiger partial charge in [0.2, 0.25) is 27.6 Å². The van der Waals surface area contributed by atoms with E-state index in [1.165, 1.54) is 43.8 Å². The highest BCUT2D eigenvalue weighted by atomic mass is 79.9. The number of aliphatic hydroxyl groups excluding tert-OH is 1. The van der Waals surface area contributed by atoms with Crippen LogP contribution >= 0.6 is 15.9 Å². The topological polar surface area (TPSA) is 440 Å². The van der Waals surface area contributed by atoms with Crippen molar-refractivity contribution in [1.82, 2.24) is 39.5 Å². The molecule has 11 aromatic carbocycles. The van der Waals surface area contributed by atoms with Gasteiger partial charge in [0.1, 0.15) is 41.9 Å². The third-order valence-corrected chi connectivity index (χ3v) is 20.8. The van der Waals surface area contributed by atoms with Crippen LogP contribution in [0.1, 0.15) is 93.0 Å². The van der Waals surface area contributed by atoms with E-state index >= 15 is 0 Å². The van der Waals surface area contributed by atoms with Crippen LogP contribution in [0.4, 0.5) is 5.69 Å². The summed E-state index contributed by atoms with van der Waals surface area (Å²) in [5, 5.41) is 67.5. The maximum absolute atomic E-state index is 13.3. The third kappa shape index (κ3) is 23.9. The van der Waals surface area contributed by atoms with Crippen molar-refractivity contribution in [3.63, 3.8) is 0 Å². The van der Waals surface area contributed by atoms with Crippen LogP contribution < -0.4 is 48.3 Å². The monoisotopic (exact) mass is 1800 g/mol. The Morgan fingerprint density at radius 3 is 0.969 bits per heavy atom. The second kappa shape index (κ2) is 42.7. The van der Waals surface area contributed by atoms with Gasteiger partial charge in [-0.15, -0.1) is 0 Å². The van der Waals surface area contributed by atoms with Gasteiger partial charge in [-0.3, -0.25) is 62.3 Å². The number of halogens is 1. The van der Waals surface area contributed by atoms with E-state index in [4.69, 9.17) is 20.4 Å². The highest BCUT2D eigenvalue weighted by Gasteiger charge is 2.24. The molecule has 650 valence electrons. The van der Waals surface area contributed by atoms with Gasteiger partial charge < -0.3 is 75.5 Å². The normalized spacial score (nSPS) is 10.7. The Morgan fingerprint density at radius 2 is 0.628 bits per heavy atom. The maximum Gasteiger partial charge on any atom is 0.335 e. The van der Waals surface area contributed by atoms with Crippen LogP contribution in [0.15, 0.2) is 315 Å². The molecule has 0 saturated heterocycles. The van der Waals surface area contributed by atoms with E-state index in [2.05, 4.69) is 42.5 Å². The molecule has 0 aliphatic heterocycles. The minimum Gasteiger partial charge on any atom is -0.481 e. The summed E-state index contributed by atoms with van der Waals surface area (Å²) >= 11 is 3.36. The molecule has 30 heteroatoms. The molecule has 4 heterocycles. The quantitative estimate of drug-likeness (QED) is 0.0228. The Bertz CT molecular complexity index is 7100. The predicted octanol–water partition coefficient (Wildman–Crippen LogP) is 12.8. The maximum atomic E-state index is 13.3. The Hall–Kier alpha value is -16.6. The number of aliphatic carboxylic acids is 4. The molecule has 0 radical (unpaired) electrons. The Balaban J connectivity index is 0.000000156. The van der Waals surface area contributed by atoms with Gasteiger partial charge in [0.15, 0.2) is 0 Å². The summed E-state index contributed by atoms with van der Waals surface area (Å²) in [6, 6.07) is 80.7. The summed E-state index contributed by atoms with van der Waals surface area (Å²) in [6.07, 6.45) is 5.69. The fourth-order valence-electron chi connectivity index (χ4n) is 14.2. The molecule has 0 aliphatic rings. The lowest BCUT2D eigenvalue weighted by Crippen LogP contribution is -2.33. The molecule has 15 aromatic rings. The number of carbonyl (C=O) groups excluding carboxylic acids is 5. The second-order valence-corrected chi connectivity index (χ2v) is 30.3. The number of fused-ring (bicyclic) bond motifs is 4. The summed E-state index contributed by atoms with van der Waals surface area (Å²) in [5.41, 5.74) is 9.99. The lowest BCUT2D eigenvalue weighted by atomic mass is 10.00. The van der Waals surface area contributed by atoms with E-state index in [0.717, 1.165) is 54.5 Å². The number of aliphatic hydroxyl groups is 1. The number of hydrogen-bond donors (Lipinski definition) is 11. The molecule has 5 amide bonds. The van der Waals surface area contributed by atoms with Crippen LogP contribution in [0.3, 0.4) is 0 Å². The molecule has 11 N–H and O–H groups in total. The fraction of sp³-hybridized carbons (Fsp3) is 0.111. The van der Waals surface area contributed by atoms with Crippen LogP contribution in [0.2, 0.25) is 0 Å². The van der Waals surface area contributed by atoms with Crippen molar-refractivity contribution < 1.29 is 78.6 Å². The zero-order valence-corrected chi connectivity index (χ0v) is 70.4. The van der Waals surface area contributed by atoms with Gasteiger partial charge in [0, 0.05) is 96.1 Å². The van der Waals surface area contributed by atoms with Crippen molar-refractivity contribution >= 4 is 125 Å². The van der Waals surface area contributed by atoms with E-state index < -0.39 is 89.4 Å². The summed E-state index contributed by atoms with van der Waals surface area (Å²) in [5.74, 6) is -8.74. The van der Waals surface area contributed by atoms with Crippen LogP contribution in [-0.4, -0.2) is 134 Å². The van der Waals surface area contributed by atoms with Gasteiger partial charge in [-0.05, 0) is 146 Å². The fourth-order valence-corrected chi connectivity index (χ4v) is 14.5. The minimum absolute atomic E-state index is 0.0121. The first-order valence-corrected chi connectivity index (χ1v) is 40.8. The smallest absolute Gasteiger partial charge is 0.335 e. The number of carboxylic acids is 5. The predicted molar refractivity (Wildman–Crippen MR) is 491 cm³/mol. The lowest BCUT2D eigenvalue weighted by molar-refractivity contribution is -0.137. The van der Waals surface area contributed by atoms with Crippen LogP contribution in [-0.2, 0) is 56.8 Å². The van der Waals surface area contributed by atoms with Crippen molar-refractivity contribution in [2.45, 2.75) is 46.1 Å². The molecule has 0 saturated carbocycles. The van der Waals surface area contributed by atoms with E-state index in [0.29, 0.717) is 81.2 Å². The molecule has 0 bridgehead atoms. The van der Waals surface area contributed by atoms with Gasteiger partial charge in [-0.25, -0.2) is 4.79 Å². The molecule has 0 fully saturated rings. The van der Waals surface area contributed by atoms with Crippen LogP contribution in [0.25, 0.3) is 77.0 Å². The van der Waals surface area contributed by atoms with E-state index in [1.54, 1.807) is 75.9 Å². The number of aromatic carboxylic acids is 1. The minimum atomic E-state index is -1.22. The number of carboxylic acid groups (broad SMARTS) is 5. The van der Waals surface area contributed by atoms with E-state index in [-0.39, 0.29) is 64.1 Å². The van der Waals surface area contributed by atoms with Gasteiger partial charge >= 0.3 is 29.8 Å². The largest absolute Gasteiger partial charge is 0.481 e. The number of aromatic nitrogens is 4. The molecule has 0 spiro atoms. The number of amides is 5. The molecule has 4 aromatic heterocycles. The summed E-state index contributed by atoms with van der Waals surface area (Å²) in [7, 11) is 0. The van der Waals surface area contributed by atoms with Crippen molar-refractivity contribution in [2.75, 3.05) is 31.5 Å². The zero-order valence-electron chi connectivity index (χ0n) is 68.8. The van der Waals surface area contributed by atoms with E-state index in [9.17, 15) is 77.3 Å². The molecule has 0 aliphatic carbocycles. The molecule has 0 unspecified atom stereocenters. The van der Waals surface area contributed by atoms with Gasteiger partial charge in [0.05, 0.1) is 40.7 Å². The molecule has 129 heavy (non-hydrogen) atoms. The Morgan fingerprint density at radius 1 is 0.318 bits per heavy atom. The summed E-state index contributed by atoms with van der Waals surface area (Å²) in [6.45, 7) is 1.21. The third-order valence-electron chi connectivity index (χ3n) is 20.3. The number of anilines is 1. The first-order valence-electron chi connectivity index (χ1n) is 40.0. The Kier molecular flexibility index (Phi) is 30.3. The Labute approximate surface area is 742 Å². The summed E-state index contributed by atoms with van der Waals surface area (Å²) in [4.78, 5) is 169. The number of nitrogens with one attached hydrogen (secondary N) is 5.